The predicted octanol–water partition coefficient (Wildman–Crippen LogP) is 14.8. The summed E-state index contributed by atoms with van der Waals surface area (Å²) in [6.45, 7) is 9.74. The highest BCUT2D eigenvalue weighted by molar-refractivity contribution is 7.26. The van der Waals surface area contributed by atoms with Crippen LogP contribution in [0.1, 0.15) is 31.6 Å². The Balaban J connectivity index is 0.00000136. The van der Waals surface area contributed by atoms with Gasteiger partial charge in [-0.25, -0.2) is 15.0 Å². The molecule has 286 valence electrons. The number of hydrogen-bond donors (Lipinski definition) is 0. The van der Waals surface area contributed by atoms with Crippen molar-refractivity contribution in [2.24, 2.45) is 0 Å². The van der Waals surface area contributed by atoms with E-state index in [0.29, 0.717) is 5.92 Å². The molecule has 6 aromatic carbocycles. The minimum Gasteiger partial charge on any atom is -0.310 e. The zero-order valence-electron chi connectivity index (χ0n) is 33.0. The number of para-hydroxylation sites is 2. The zero-order chi connectivity index (χ0) is 40.0. The quantitative estimate of drug-likeness (QED) is 0.151. The Labute approximate surface area is 350 Å². The van der Waals surface area contributed by atoms with Crippen LogP contribution >= 0.6 is 22.7 Å². The molecule has 0 fully saturated rings. The van der Waals surface area contributed by atoms with Gasteiger partial charge in [-0.2, -0.15) is 0 Å². The van der Waals surface area contributed by atoms with Crippen LogP contribution in [0.5, 0.6) is 0 Å². The lowest BCUT2D eigenvalue weighted by atomic mass is 9.98. The van der Waals surface area contributed by atoms with Gasteiger partial charge in [0.1, 0.15) is 17.7 Å². The van der Waals surface area contributed by atoms with Crippen molar-refractivity contribution in [1.29, 1.82) is 0 Å². The monoisotopic (exact) mass is 800 g/mol. The highest BCUT2D eigenvalue weighted by Crippen LogP contribution is 2.49. The van der Waals surface area contributed by atoms with Crippen LogP contribution in [0.3, 0.4) is 0 Å². The summed E-state index contributed by atoms with van der Waals surface area (Å²) < 4.78 is 7.06. The van der Waals surface area contributed by atoms with Crippen LogP contribution in [0.4, 0.5) is 17.1 Å². The fraction of sp³-hybridized carbons (Fsp3) is 0.0784. The van der Waals surface area contributed by atoms with E-state index in [9.17, 15) is 0 Å². The van der Waals surface area contributed by atoms with Gasteiger partial charge in [0.15, 0.2) is 0 Å². The Hall–Kier alpha value is -6.87. The van der Waals surface area contributed by atoms with E-state index in [1.807, 2.05) is 48.3 Å². The number of nitrogens with zero attached hydrogens (tertiary/aromatic N) is 6. The molecule has 0 aliphatic carbocycles. The molecule has 0 unspecified atom stereocenters. The first kappa shape index (κ1) is 36.5. The molecule has 0 atom stereocenters. The summed E-state index contributed by atoms with van der Waals surface area (Å²) in [5.41, 5.74) is 10.8. The minimum atomic E-state index is 0.491. The Kier molecular flexibility index (Phi) is 9.36. The maximum atomic E-state index is 4.94. The zero-order valence-corrected chi connectivity index (χ0v) is 34.6. The lowest BCUT2D eigenvalue weighted by Crippen LogP contribution is -2.09. The first-order valence-electron chi connectivity index (χ1n) is 19.7. The van der Waals surface area contributed by atoms with E-state index in [1.165, 1.54) is 46.4 Å². The van der Waals surface area contributed by atoms with Crippen molar-refractivity contribution in [3.05, 3.63) is 182 Å². The van der Waals surface area contributed by atoms with E-state index < -0.39 is 0 Å². The standard InChI is InChI=1S/C48H34N6S2.C3H6/c1-30(2)43-21-22-45(55-43)52-29-51-39-23-31(17-19-41(39)52)37-25-42-46(47-36-15-9-10-16-44(36)56-48(37)47)38-24-34(18-20-40(38)54(42)35-26-49-28-50-27-35)53(32-11-5-3-6-12-32)33-13-7-4-8-14-33;1-3-2/h3-30H,1-2H3;3H,1H2,2H3. The smallest absolute Gasteiger partial charge is 0.115 e. The third kappa shape index (κ3) is 6.29. The summed E-state index contributed by atoms with van der Waals surface area (Å²) in [7, 11) is 0. The van der Waals surface area contributed by atoms with Crippen molar-refractivity contribution in [3.63, 3.8) is 0 Å². The van der Waals surface area contributed by atoms with Gasteiger partial charge >= 0.3 is 0 Å². The summed E-state index contributed by atoms with van der Waals surface area (Å²) in [5, 5.41) is 6.08. The van der Waals surface area contributed by atoms with Crippen molar-refractivity contribution in [2.75, 3.05) is 4.90 Å². The van der Waals surface area contributed by atoms with Crippen molar-refractivity contribution >= 4 is 92.7 Å². The second kappa shape index (κ2) is 15.1. The van der Waals surface area contributed by atoms with Crippen LogP contribution in [0, 0.1) is 0 Å². The third-order valence-electron chi connectivity index (χ3n) is 10.7. The molecule has 5 aromatic heterocycles. The second-order valence-corrected chi connectivity index (χ2v) is 17.0. The number of thiophene rings is 2. The van der Waals surface area contributed by atoms with Crippen molar-refractivity contribution < 1.29 is 0 Å². The number of fused-ring (bicyclic) bond motifs is 8. The number of aromatic nitrogens is 5. The second-order valence-electron chi connectivity index (χ2n) is 14.8. The molecule has 5 heterocycles. The predicted molar refractivity (Wildman–Crippen MR) is 252 cm³/mol. The molecule has 6 nitrogen and oxygen atoms in total. The van der Waals surface area contributed by atoms with Crippen LogP contribution in [0.25, 0.3) is 74.8 Å². The number of rotatable bonds is 7. The van der Waals surface area contributed by atoms with E-state index in [1.54, 1.807) is 12.4 Å². The lowest BCUT2D eigenvalue weighted by molar-refractivity contribution is 0.890. The molecule has 0 aliphatic rings. The normalized spacial score (nSPS) is 11.5. The van der Waals surface area contributed by atoms with Crippen LogP contribution in [-0.2, 0) is 0 Å². The van der Waals surface area contributed by atoms with E-state index in [-0.39, 0.29) is 0 Å². The van der Waals surface area contributed by atoms with Gasteiger partial charge in [-0.3, -0.25) is 4.57 Å². The number of imidazole rings is 1. The number of benzene rings is 6. The van der Waals surface area contributed by atoms with E-state index in [4.69, 9.17) is 4.98 Å². The summed E-state index contributed by atoms with van der Waals surface area (Å²) in [4.78, 5) is 17.6. The number of anilines is 3. The summed E-state index contributed by atoms with van der Waals surface area (Å²) in [5.74, 6) is 0.491. The maximum Gasteiger partial charge on any atom is 0.115 e. The lowest BCUT2D eigenvalue weighted by Gasteiger charge is -2.25. The number of allylic oxidation sites excluding steroid dienone is 1. The van der Waals surface area contributed by atoms with Crippen molar-refractivity contribution in [1.82, 2.24) is 24.1 Å². The highest BCUT2D eigenvalue weighted by Gasteiger charge is 2.23. The average Bonchev–Trinajstić information content (AvgIpc) is 4.08. The number of hydrogen-bond acceptors (Lipinski definition) is 6. The van der Waals surface area contributed by atoms with Gasteiger partial charge in [0.2, 0.25) is 0 Å². The van der Waals surface area contributed by atoms with Gasteiger partial charge < -0.3 is 9.47 Å². The summed E-state index contributed by atoms with van der Waals surface area (Å²) >= 11 is 3.69. The van der Waals surface area contributed by atoms with E-state index >= 15 is 0 Å². The molecular weight excluding hydrogens is 761 g/mol. The molecule has 0 aliphatic heterocycles. The largest absolute Gasteiger partial charge is 0.310 e. The topological polar surface area (TPSA) is 51.8 Å². The molecule has 0 amide bonds. The molecule has 0 saturated carbocycles. The van der Waals surface area contributed by atoms with Gasteiger partial charge in [-0.05, 0) is 97.3 Å². The molecular formula is C51H40N6S2. The van der Waals surface area contributed by atoms with E-state index in [2.05, 4.69) is 184 Å². The first-order valence-corrected chi connectivity index (χ1v) is 21.4. The Morgan fingerprint density at radius 3 is 2.07 bits per heavy atom. The van der Waals surface area contributed by atoms with Crippen LogP contribution < -0.4 is 4.90 Å². The third-order valence-corrected chi connectivity index (χ3v) is 13.3. The fourth-order valence-corrected chi connectivity index (χ4v) is 10.4. The molecule has 0 saturated heterocycles. The summed E-state index contributed by atoms with van der Waals surface area (Å²) in [6.07, 6.45) is 9.12. The van der Waals surface area contributed by atoms with Crippen LogP contribution in [0.2, 0.25) is 0 Å². The molecule has 11 aromatic rings. The van der Waals surface area contributed by atoms with Gasteiger partial charge in [0.25, 0.3) is 0 Å². The van der Waals surface area contributed by atoms with Crippen LogP contribution in [-0.4, -0.2) is 24.1 Å². The van der Waals surface area contributed by atoms with Crippen molar-refractivity contribution in [3.8, 4) is 21.8 Å². The SMILES string of the molecule is C=CC.CC(C)c1ccc(-n2cnc3cc(-c4cc5c(c6cc(N(c7ccccc7)c7ccccc7)ccc6n5-c5cncnc5)c5c4sc4ccccc45)ccc32)s1. The molecule has 11 rings (SSSR count). The maximum absolute atomic E-state index is 4.94. The van der Waals surface area contributed by atoms with Gasteiger partial charge in [-0.15, -0.1) is 29.3 Å². The Morgan fingerprint density at radius 1 is 0.661 bits per heavy atom. The Morgan fingerprint density at radius 2 is 1.36 bits per heavy atom. The molecule has 0 bridgehead atoms. The molecule has 8 heteroatoms. The minimum absolute atomic E-state index is 0.491. The molecule has 0 radical (unpaired) electrons. The van der Waals surface area contributed by atoms with Crippen molar-refractivity contribution in [2.45, 2.75) is 26.7 Å². The average molecular weight is 801 g/mol. The van der Waals surface area contributed by atoms with E-state index in [0.717, 1.165) is 50.4 Å². The molecule has 0 N–H and O–H groups in total. The highest BCUT2D eigenvalue weighted by atomic mass is 32.1. The van der Waals surface area contributed by atoms with Gasteiger partial charge in [0, 0.05) is 58.4 Å². The fourth-order valence-electron chi connectivity index (χ4n) is 8.16. The first-order chi connectivity index (χ1) is 29.0. The molecule has 59 heavy (non-hydrogen) atoms. The Bertz CT molecular complexity index is 3240. The molecule has 0 spiro atoms. The van der Waals surface area contributed by atoms with Gasteiger partial charge in [-0.1, -0.05) is 80.6 Å². The summed E-state index contributed by atoms with van der Waals surface area (Å²) in [6, 6.07) is 50.4. The van der Waals surface area contributed by atoms with Crippen LogP contribution in [0.15, 0.2) is 177 Å². The van der Waals surface area contributed by atoms with Gasteiger partial charge in [0.05, 0.1) is 40.1 Å².